The molecule has 0 unspecified atom stereocenters. The maximum atomic E-state index is 12.9. The predicted octanol–water partition coefficient (Wildman–Crippen LogP) is 3.28. The van der Waals surface area contributed by atoms with Gasteiger partial charge >= 0.3 is 0 Å². The van der Waals surface area contributed by atoms with Crippen LogP contribution in [0.15, 0.2) is 59.5 Å². The van der Waals surface area contributed by atoms with Gasteiger partial charge in [0.15, 0.2) is 17.1 Å². The van der Waals surface area contributed by atoms with E-state index < -0.39 is 10.5 Å². The van der Waals surface area contributed by atoms with E-state index in [9.17, 15) is 14.9 Å². The Labute approximate surface area is 181 Å². The number of nitrogens with one attached hydrogen (secondary N) is 2. The summed E-state index contributed by atoms with van der Waals surface area (Å²) in [6.07, 6.45) is 1.52. The first-order valence-corrected chi connectivity index (χ1v) is 9.85. The largest absolute Gasteiger partial charge is 0.486 e. The van der Waals surface area contributed by atoms with Crippen molar-refractivity contribution in [3.8, 4) is 22.6 Å². The standard InChI is InChI=1S/C22H17N5O5/c28-21-19-16(14-2-1-3-15(11-14)27(29)30)6-7-23-20(19)25-22(26-21)24-12-13-4-5-17-18(10-13)32-9-8-31-17/h1-7,10-11H,8-9,12H2,(H2,23,24,25,26,28). The van der Waals surface area contributed by atoms with Crippen LogP contribution in [0.2, 0.25) is 0 Å². The minimum absolute atomic E-state index is 0.0606. The number of anilines is 1. The summed E-state index contributed by atoms with van der Waals surface area (Å²) in [5.74, 6) is 1.65. The summed E-state index contributed by atoms with van der Waals surface area (Å²) >= 11 is 0. The van der Waals surface area contributed by atoms with Crippen LogP contribution in [-0.4, -0.2) is 33.1 Å². The van der Waals surface area contributed by atoms with Gasteiger partial charge in [0.1, 0.15) is 13.2 Å². The van der Waals surface area contributed by atoms with Crippen molar-refractivity contribution in [2.75, 3.05) is 18.5 Å². The molecule has 3 heterocycles. The number of ether oxygens (including phenoxy) is 2. The van der Waals surface area contributed by atoms with E-state index in [0.717, 1.165) is 5.56 Å². The number of H-pyrrole nitrogens is 1. The number of benzene rings is 2. The molecular weight excluding hydrogens is 414 g/mol. The number of aromatic nitrogens is 3. The quantitative estimate of drug-likeness (QED) is 0.363. The molecule has 0 saturated heterocycles. The molecule has 2 N–H and O–H groups in total. The minimum atomic E-state index is -0.477. The zero-order valence-electron chi connectivity index (χ0n) is 16.7. The number of hydrogen-bond donors (Lipinski definition) is 2. The summed E-state index contributed by atoms with van der Waals surface area (Å²) in [6.45, 7) is 1.43. The van der Waals surface area contributed by atoms with Crippen molar-refractivity contribution in [3.63, 3.8) is 0 Å². The van der Waals surface area contributed by atoms with Gasteiger partial charge < -0.3 is 14.8 Å². The Kier molecular flexibility index (Phi) is 4.86. The molecule has 160 valence electrons. The molecule has 2 aromatic carbocycles. The molecule has 1 aliphatic rings. The lowest BCUT2D eigenvalue weighted by atomic mass is 10.0. The van der Waals surface area contributed by atoms with E-state index in [4.69, 9.17) is 9.47 Å². The normalized spacial score (nSPS) is 12.5. The van der Waals surface area contributed by atoms with Gasteiger partial charge in [0.05, 0.1) is 10.3 Å². The fourth-order valence-electron chi connectivity index (χ4n) is 3.56. The highest BCUT2D eigenvalue weighted by Crippen LogP contribution is 2.31. The first kappa shape index (κ1) is 19.5. The summed E-state index contributed by atoms with van der Waals surface area (Å²) in [5.41, 5.74) is 1.77. The number of rotatable bonds is 5. The van der Waals surface area contributed by atoms with Crippen LogP contribution in [0.3, 0.4) is 0 Å². The van der Waals surface area contributed by atoms with Gasteiger partial charge in [0, 0.05) is 30.4 Å². The smallest absolute Gasteiger partial charge is 0.270 e. The van der Waals surface area contributed by atoms with Gasteiger partial charge in [-0.1, -0.05) is 18.2 Å². The second-order valence-electron chi connectivity index (χ2n) is 7.11. The van der Waals surface area contributed by atoms with Gasteiger partial charge in [-0.15, -0.1) is 0 Å². The van der Waals surface area contributed by atoms with Crippen molar-refractivity contribution in [2.24, 2.45) is 0 Å². The van der Waals surface area contributed by atoms with Crippen molar-refractivity contribution < 1.29 is 14.4 Å². The fourth-order valence-corrected chi connectivity index (χ4v) is 3.56. The highest BCUT2D eigenvalue weighted by molar-refractivity contribution is 5.92. The summed E-state index contributed by atoms with van der Waals surface area (Å²) in [7, 11) is 0. The van der Waals surface area contributed by atoms with Gasteiger partial charge in [0.2, 0.25) is 5.95 Å². The molecule has 5 rings (SSSR count). The van der Waals surface area contributed by atoms with E-state index in [1.165, 1.54) is 18.3 Å². The number of nitrogens with zero attached hydrogens (tertiary/aromatic N) is 3. The van der Waals surface area contributed by atoms with Crippen molar-refractivity contribution in [1.82, 2.24) is 15.0 Å². The molecule has 0 saturated carbocycles. The Morgan fingerprint density at radius 1 is 1.09 bits per heavy atom. The Hall–Kier alpha value is -4.47. The molecule has 0 bridgehead atoms. The van der Waals surface area contributed by atoms with Crippen LogP contribution >= 0.6 is 0 Å². The number of pyridine rings is 1. The number of non-ortho nitro benzene ring substituents is 1. The molecule has 0 atom stereocenters. The van der Waals surface area contributed by atoms with Crippen LogP contribution < -0.4 is 20.3 Å². The molecule has 0 amide bonds. The molecule has 2 aromatic heterocycles. The Morgan fingerprint density at radius 3 is 2.78 bits per heavy atom. The van der Waals surface area contributed by atoms with Crippen molar-refractivity contribution in [1.29, 1.82) is 0 Å². The van der Waals surface area contributed by atoms with Gasteiger partial charge in [0.25, 0.3) is 11.2 Å². The minimum Gasteiger partial charge on any atom is -0.486 e. The molecule has 0 spiro atoms. The van der Waals surface area contributed by atoms with Crippen LogP contribution in [0, 0.1) is 10.1 Å². The van der Waals surface area contributed by atoms with E-state index in [-0.39, 0.29) is 22.7 Å². The molecule has 10 heteroatoms. The van der Waals surface area contributed by atoms with Gasteiger partial charge in [-0.25, -0.2) is 4.98 Å². The zero-order chi connectivity index (χ0) is 22.1. The topological polar surface area (TPSA) is 132 Å². The summed E-state index contributed by atoms with van der Waals surface area (Å²) in [6, 6.07) is 13.4. The van der Waals surface area contributed by atoms with Crippen LogP contribution in [0.1, 0.15) is 5.56 Å². The van der Waals surface area contributed by atoms with Crippen LogP contribution in [0.4, 0.5) is 11.6 Å². The molecule has 0 aliphatic carbocycles. The summed E-state index contributed by atoms with van der Waals surface area (Å²) in [5, 5.41) is 14.5. The Morgan fingerprint density at radius 2 is 1.94 bits per heavy atom. The maximum absolute atomic E-state index is 12.9. The van der Waals surface area contributed by atoms with Crippen LogP contribution in [-0.2, 0) is 6.54 Å². The lowest BCUT2D eigenvalue weighted by Gasteiger charge is -2.19. The first-order chi connectivity index (χ1) is 15.6. The van der Waals surface area contributed by atoms with Gasteiger partial charge in [-0.05, 0) is 29.3 Å². The second-order valence-corrected chi connectivity index (χ2v) is 7.11. The number of nitro benzene ring substituents is 1. The van der Waals surface area contributed by atoms with Crippen molar-refractivity contribution >= 4 is 22.7 Å². The second kappa shape index (κ2) is 7.99. The first-order valence-electron chi connectivity index (χ1n) is 9.85. The molecule has 0 radical (unpaired) electrons. The highest BCUT2D eigenvalue weighted by atomic mass is 16.6. The fraction of sp³-hybridized carbons (Fsp3) is 0.136. The third kappa shape index (κ3) is 3.69. The molecule has 1 aliphatic heterocycles. The molecule has 10 nitrogen and oxygen atoms in total. The van der Waals surface area contributed by atoms with Gasteiger partial charge in [-0.2, -0.15) is 4.98 Å². The lowest BCUT2D eigenvalue weighted by Crippen LogP contribution is -2.16. The lowest BCUT2D eigenvalue weighted by molar-refractivity contribution is -0.384. The highest BCUT2D eigenvalue weighted by Gasteiger charge is 2.15. The zero-order valence-corrected chi connectivity index (χ0v) is 16.7. The van der Waals surface area contributed by atoms with E-state index >= 15 is 0 Å². The molecular formula is C22H17N5O5. The molecule has 32 heavy (non-hydrogen) atoms. The third-order valence-electron chi connectivity index (χ3n) is 5.04. The molecule has 0 fully saturated rings. The Bertz CT molecular complexity index is 1400. The Balaban J connectivity index is 1.45. The summed E-state index contributed by atoms with van der Waals surface area (Å²) < 4.78 is 11.1. The predicted molar refractivity (Wildman–Crippen MR) is 117 cm³/mol. The average Bonchev–Trinajstić information content (AvgIpc) is 2.82. The number of aromatic amines is 1. The van der Waals surface area contributed by atoms with E-state index in [1.54, 1.807) is 18.2 Å². The van der Waals surface area contributed by atoms with E-state index in [2.05, 4.69) is 20.3 Å². The van der Waals surface area contributed by atoms with Crippen molar-refractivity contribution in [2.45, 2.75) is 6.54 Å². The molecule has 4 aromatic rings. The average molecular weight is 431 g/mol. The maximum Gasteiger partial charge on any atom is 0.270 e. The van der Waals surface area contributed by atoms with E-state index in [1.807, 2.05) is 18.2 Å². The number of hydrogen-bond acceptors (Lipinski definition) is 8. The monoisotopic (exact) mass is 431 g/mol. The number of fused-ring (bicyclic) bond motifs is 2. The van der Waals surface area contributed by atoms with Crippen LogP contribution in [0.25, 0.3) is 22.2 Å². The SMILES string of the molecule is O=c1[nH]c(NCc2ccc3c(c2)OCCO3)nc2nccc(-c3cccc([N+](=O)[O-])c3)c12. The third-order valence-corrected chi connectivity index (χ3v) is 5.04. The van der Waals surface area contributed by atoms with Crippen molar-refractivity contribution in [3.05, 3.63) is 80.8 Å². The van der Waals surface area contributed by atoms with Crippen LogP contribution in [0.5, 0.6) is 11.5 Å². The summed E-state index contributed by atoms with van der Waals surface area (Å²) in [4.78, 5) is 34.9. The van der Waals surface area contributed by atoms with Gasteiger partial charge in [-0.3, -0.25) is 19.9 Å². The number of nitro groups is 1. The van der Waals surface area contributed by atoms with E-state index in [0.29, 0.717) is 42.4 Å².